The Morgan fingerprint density at radius 2 is 1.65 bits per heavy atom. The van der Waals surface area contributed by atoms with Crippen molar-refractivity contribution in [3.8, 4) is 0 Å². The number of carbonyl (C=O) groups is 3. The van der Waals surface area contributed by atoms with Crippen LogP contribution in [-0.2, 0) is 16.0 Å². The van der Waals surface area contributed by atoms with Crippen LogP contribution in [0.25, 0.3) is 0 Å². The molecule has 8 heteroatoms. The van der Waals surface area contributed by atoms with E-state index >= 15 is 0 Å². The quantitative estimate of drug-likeness (QED) is 0.344. The third-order valence-corrected chi connectivity index (χ3v) is 4.77. The van der Waals surface area contributed by atoms with Gasteiger partial charge in [-0.05, 0) is 63.6 Å². The molecule has 2 atom stereocenters. The lowest BCUT2D eigenvalue weighted by molar-refractivity contribution is -0.129. The van der Waals surface area contributed by atoms with Crippen molar-refractivity contribution in [2.75, 3.05) is 11.9 Å². The summed E-state index contributed by atoms with van der Waals surface area (Å²) < 4.78 is 0. The number of nitrogens with two attached hydrogens (primary N) is 1. The highest BCUT2D eigenvalue weighted by Crippen LogP contribution is 2.13. The zero-order valence-electron chi connectivity index (χ0n) is 19.7. The molecule has 0 aliphatic carbocycles. The molecule has 0 saturated carbocycles. The van der Waals surface area contributed by atoms with E-state index in [0.717, 1.165) is 6.42 Å². The molecule has 0 bridgehead atoms. The molecule has 0 aliphatic heterocycles. The van der Waals surface area contributed by atoms with Gasteiger partial charge in [-0.25, -0.2) is 4.79 Å². The number of nitrogens with one attached hydrogen (secondary N) is 4. The number of urea groups is 1. The summed E-state index contributed by atoms with van der Waals surface area (Å²) in [7, 11) is 0. The fourth-order valence-electron chi connectivity index (χ4n) is 3.10. The summed E-state index contributed by atoms with van der Waals surface area (Å²) in [5.74, 6) is -0.481. The van der Waals surface area contributed by atoms with Gasteiger partial charge in [-0.2, -0.15) is 0 Å². The van der Waals surface area contributed by atoms with Crippen molar-refractivity contribution in [2.45, 2.75) is 78.4 Å². The van der Waals surface area contributed by atoms with Crippen LogP contribution in [-0.4, -0.2) is 42.0 Å². The van der Waals surface area contributed by atoms with Crippen molar-refractivity contribution in [2.24, 2.45) is 11.7 Å². The lowest BCUT2D eigenvalue weighted by atomic mass is 9.98. The van der Waals surface area contributed by atoms with Gasteiger partial charge in [0.25, 0.3) is 0 Å². The average Bonchev–Trinajstić information content (AvgIpc) is 2.67. The van der Waals surface area contributed by atoms with Gasteiger partial charge in [-0.3, -0.25) is 9.59 Å². The van der Waals surface area contributed by atoms with Crippen LogP contribution in [0.5, 0.6) is 0 Å². The summed E-state index contributed by atoms with van der Waals surface area (Å²) in [4.78, 5) is 36.9. The van der Waals surface area contributed by atoms with Gasteiger partial charge in [0.1, 0.15) is 6.04 Å². The van der Waals surface area contributed by atoms with Gasteiger partial charge in [0, 0.05) is 17.8 Å². The molecule has 31 heavy (non-hydrogen) atoms. The lowest BCUT2D eigenvalue weighted by Gasteiger charge is -2.31. The molecule has 1 aromatic carbocycles. The molecular formula is C23H39N5O3. The van der Waals surface area contributed by atoms with Crippen LogP contribution in [0.15, 0.2) is 24.3 Å². The Balaban J connectivity index is 2.90. The number of hydrogen-bond donors (Lipinski definition) is 5. The number of aryl methyl sites for hydroxylation is 1. The molecule has 1 rings (SSSR count). The summed E-state index contributed by atoms with van der Waals surface area (Å²) in [5, 5.41) is 11.6. The summed E-state index contributed by atoms with van der Waals surface area (Å²) in [6, 6.07) is 5.82. The van der Waals surface area contributed by atoms with E-state index in [-0.39, 0.29) is 23.3 Å². The predicted molar refractivity (Wildman–Crippen MR) is 125 cm³/mol. The van der Waals surface area contributed by atoms with Crippen LogP contribution in [0.4, 0.5) is 10.5 Å². The Hall–Kier alpha value is -2.61. The van der Waals surface area contributed by atoms with E-state index in [2.05, 4.69) is 28.2 Å². The van der Waals surface area contributed by atoms with Crippen LogP contribution in [0.2, 0.25) is 0 Å². The number of rotatable bonds is 11. The van der Waals surface area contributed by atoms with Gasteiger partial charge in [0.2, 0.25) is 11.8 Å². The molecule has 174 valence electrons. The fourth-order valence-corrected chi connectivity index (χ4v) is 3.10. The second kappa shape index (κ2) is 12.3. The molecule has 8 nitrogen and oxygen atoms in total. The smallest absolute Gasteiger partial charge is 0.312 e. The number of hydrogen-bond acceptors (Lipinski definition) is 4. The van der Waals surface area contributed by atoms with Crippen LogP contribution >= 0.6 is 0 Å². The second-order valence-electron chi connectivity index (χ2n) is 9.15. The predicted octanol–water partition coefficient (Wildman–Crippen LogP) is 2.53. The highest BCUT2D eigenvalue weighted by atomic mass is 16.2. The Bertz CT molecular complexity index is 726. The molecule has 4 amide bonds. The van der Waals surface area contributed by atoms with Crippen LogP contribution < -0.4 is 27.0 Å². The maximum Gasteiger partial charge on any atom is 0.312 e. The SMILES string of the molecule is CCc1ccc(NC(=O)C(CCCNC(N)=O)NC(=O)C(NC(C)(C)C)C(C)C)cc1. The molecule has 6 N–H and O–H groups in total. The van der Waals surface area contributed by atoms with Crippen molar-refractivity contribution in [3.05, 3.63) is 29.8 Å². The van der Waals surface area contributed by atoms with Crippen molar-refractivity contribution < 1.29 is 14.4 Å². The summed E-state index contributed by atoms with van der Waals surface area (Å²) in [6.07, 6.45) is 1.78. The van der Waals surface area contributed by atoms with E-state index < -0.39 is 18.1 Å². The minimum atomic E-state index is -0.740. The Morgan fingerprint density at radius 3 is 2.13 bits per heavy atom. The van der Waals surface area contributed by atoms with Crippen LogP contribution in [0.3, 0.4) is 0 Å². The molecule has 0 spiro atoms. The Morgan fingerprint density at radius 1 is 1.03 bits per heavy atom. The number of anilines is 1. The van der Waals surface area contributed by atoms with Gasteiger partial charge >= 0.3 is 6.03 Å². The molecule has 0 aliphatic rings. The first-order chi connectivity index (χ1) is 14.4. The molecule has 1 aromatic rings. The topological polar surface area (TPSA) is 125 Å². The average molecular weight is 434 g/mol. The number of primary amides is 1. The standard InChI is InChI=1S/C23H39N5O3/c1-7-16-10-12-17(13-11-16)26-20(29)18(9-8-14-25-22(24)31)27-21(30)19(15(2)3)28-23(4,5)6/h10-13,15,18-19,28H,7-9,14H2,1-6H3,(H,26,29)(H,27,30)(H3,24,25,31). The fraction of sp³-hybridized carbons (Fsp3) is 0.609. The lowest BCUT2D eigenvalue weighted by Crippen LogP contribution is -2.57. The van der Waals surface area contributed by atoms with E-state index in [1.165, 1.54) is 5.56 Å². The highest BCUT2D eigenvalue weighted by molar-refractivity contribution is 5.97. The maximum absolute atomic E-state index is 13.0. The molecule has 0 heterocycles. The normalized spacial score (nSPS) is 13.4. The van der Waals surface area contributed by atoms with Gasteiger partial charge < -0.3 is 27.0 Å². The van der Waals surface area contributed by atoms with E-state index in [1.54, 1.807) is 0 Å². The first kappa shape index (κ1) is 26.4. The van der Waals surface area contributed by atoms with Crippen molar-refractivity contribution >= 4 is 23.5 Å². The molecule has 0 fully saturated rings. The summed E-state index contributed by atoms with van der Waals surface area (Å²) in [6.45, 7) is 12.3. The van der Waals surface area contributed by atoms with Crippen molar-refractivity contribution in [1.29, 1.82) is 0 Å². The highest BCUT2D eigenvalue weighted by Gasteiger charge is 2.30. The van der Waals surface area contributed by atoms with Gasteiger partial charge in [-0.15, -0.1) is 0 Å². The van der Waals surface area contributed by atoms with Crippen LogP contribution in [0.1, 0.15) is 59.9 Å². The zero-order chi connectivity index (χ0) is 23.6. The van der Waals surface area contributed by atoms with Crippen LogP contribution in [0, 0.1) is 5.92 Å². The number of benzene rings is 1. The summed E-state index contributed by atoms with van der Waals surface area (Å²) >= 11 is 0. The van der Waals surface area contributed by atoms with Gasteiger partial charge in [-0.1, -0.05) is 32.9 Å². The minimum Gasteiger partial charge on any atom is -0.352 e. The monoisotopic (exact) mass is 433 g/mol. The van der Waals surface area contributed by atoms with E-state index in [1.807, 2.05) is 58.9 Å². The molecule has 0 saturated heterocycles. The largest absolute Gasteiger partial charge is 0.352 e. The Kier molecular flexibility index (Phi) is 10.5. The third-order valence-electron chi connectivity index (χ3n) is 4.77. The molecule has 0 aromatic heterocycles. The molecule has 0 radical (unpaired) electrons. The molecule has 2 unspecified atom stereocenters. The zero-order valence-corrected chi connectivity index (χ0v) is 19.7. The number of carbonyl (C=O) groups excluding carboxylic acids is 3. The van der Waals surface area contributed by atoms with Gasteiger partial charge in [0.05, 0.1) is 6.04 Å². The van der Waals surface area contributed by atoms with E-state index in [0.29, 0.717) is 25.1 Å². The third kappa shape index (κ3) is 10.3. The van der Waals surface area contributed by atoms with Crippen molar-refractivity contribution in [3.63, 3.8) is 0 Å². The number of amides is 4. The first-order valence-corrected chi connectivity index (χ1v) is 10.9. The maximum atomic E-state index is 13.0. The molecular weight excluding hydrogens is 394 g/mol. The van der Waals surface area contributed by atoms with Gasteiger partial charge in [0.15, 0.2) is 0 Å². The second-order valence-corrected chi connectivity index (χ2v) is 9.15. The van der Waals surface area contributed by atoms with Crippen molar-refractivity contribution in [1.82, 2.24) is 16.0 Å². The summed E-state index contributed by atoms with van der Waals surface area (Å²) in [5.41, 5.74) is 6.69. The van der Waals surface area contributed by atoms with E-state index in [4.69, 9.17) is 5.73 Å². The Labute approximate surface area is 186 Å². The van der Waals surface area contributed by atoms with E-state index in [9.17, 15) is 14.4 Å². The first-order valence-electron chi connectivity index (χ1n) is 10.9. The minimum absolute atomic E-state index is 0.0426.